The molecule has 0 amide bonds. The van der Waals surface area contributed by atoms with Gasteiger partial charge in [0.1, 0.15) is 19.0 Å². The summed E-state index contributed by atoms with van der Waals surface area (Å²) in [5, 5.41) is 10.6. The van der Waals surface area contributed by atoms with Crippen molar-refractivity contribution < 1.29 is 19.2 Å². The van der Waals surface area contributed by atoms with Crippen LogP contribution >= 0.6 is 0 Å². The van der Waals surface area contributed by atoms with Crippen molar-refractivity contribution in [2.75, 3.05) is 20.3 Å². The monoisotopic (exact) mass is 239 g/mol. The van der Waals surface area contributed by atoms with Gasteiger partial charge in [0.05, 0.1) is 4.92 Å². The third-order valence-electron chi connectivity index (χ3n) is 2.07. The molecule has 0 aromatic heterocycles. The molecule has 1 aromatic carbocycles. The predicted molar refractivity (Wildman–Crippen MR) is 60.2 cm³/mol. The molecule has 17 heavy (non-hydrogen) atoms. The van der Waals surface area contributed by atoms with Crippen molar-refractivity contribution >= 4 is 11.5 Å². The van der Waals surface area contributed by atoms with Crippen molar-refractivity contribution in [2.24, 2.45) is 0 Å². The van der Waals surface area contributed by atoms with E-state index in [9.17, 15) is 14.9 Å². The van der Waals surface area contributed by atoms with E-state index in [0.29, 0.717) is 11.3 Å². The highest BCUT2D eigenvalue weighted by Crippen LogP contribution is 2.22. The number of nitro benzene ring substituents is 1. The number of rotatable bonds is 6. The second-order valence-electron chi connectivity index (χ2n) is 3.47. The summed E-state index contributed by atoms with van der Waals surface area (Å²) in [6.07, 6.45) is 0. The number of ketones is 1. The molecule has 0 bridgehead atoms. The van der Waals surface area contributed by atoms with Gasteiger partial charge in [-0.25, -0.2) is 0 Å². The minimum atomic E-state index is -0.463. The van der Waals surface area contributed by atoms with Crippen molar-refractivity contribution in [2.45, 2.75) is 6.92 Å². The zero-order valence-electron chi connectivity index (χ0n) is 9.63. The van der Waals surface area contributed by atoms with E-state index < -0.39 is 4.92 Å². The summed E-state index contributed by atoms with van der Waals surface area (Å²) in [4.78, 5) is 21.2. The Hall–Kier alpha value is -1.95. The second kappa shape index (κ2) is 5.95. The minimum Gasteiger partial charge on any atom is -0.486 e. The highest BCUT2D eigenvalue weighted by atomic mass is 16.6. The number of carbonyl (C=O) groups excluding carboxylic acids is 1. The van der Waals surface area contributed by atoms with Gasteiger partial charge in [-0.3, -0.25) is 14.9 Å². The van der Waals surface area contributed by atoms with Crippen LogP contribution < -0.4 is 4.74 Å². The second-order valence-corrected chi connectivity index (χ2v) is 3.47. The first kappa shape index (κ1) is 13.1. The molecular formula is C11H13NO5. The van der Waals surface area contributed by atoms with Crippen LogP contribution in [0.25, 0.3) is 0 Å². The summed E-state index contributed by atoms with van der Waals surface area (Å²) < 4.78 is 9.83. The number of hydrogen-bond donors (Lipinski definition) is 0. The number of benzene rings is 1. The van der Waals surface area contributed by atoms with Gasteiger partial charge < -0.3 is 9.47 Å². The molecule has 1 rings (SSSR count). The lowest BCUT2D eigenvalue weighted by atomic mass is 10.2. The summed E-state index contributed by atoms with van der Waals surface area (Å²) >= 11 is 0. The van der Waals surface area contributed by atoms with Crippen LogP contribution in [0.4, 0.5) is 5.69 Å². The van der Waals surface area contributed by atoms with E-state index in [0.717, 1.165) is 0 Å². The topological polar surface area (TPSA) is 78.7 Å². The molecule has 0 atom stereocenters. The van der Waals surface area contributed by atoms with Crippen LogP contribution in [-0.4, -0.2) is 31.0 Å². The van der Waals surface area contributed by atoms with Crippen LogP contribution in [0.1, 0.15) is 5.56 Å². The Morgan fingerprint density at radius 3 is 2.65 bits per heavy atom. The maximum atomic E-state index is 11.1. The molecule has 0 spiro atoms. The van der Waals surface area contributed by atoms with Crippen molar-refractivity contribution in [3.05, 3.63) is 33.9 Å². The summed E-state index contributed by atoms with van der Waals surface area (Å²) in [5.74, 6) is 0.237. The molecule has 0 N–H and O–H groups in total. The molecule has 0 aliphatic carbocycles. The standard InChI is InChI=1S/C11H13NO5/c1-8-5-10(3-4-11(8)12(14)15)17-7-9(13)6-16-2/h3-5H,6-7H2,1-2H3. The van der Waals surface area contributed by atoms with E-state index in [-0.39, 0.29) is 24.7 Å². The number of hydrogen-bond acceptors (Lipinski definition) is 5. The van der Waals surface area contributed by atoms with E-state index in [4.69, 9.17) is 4.74 Å². The number of nitrogens with zero attached hydrogens (tertiary/aromatic N) is 1. The van der Waals surface area contributed by atoms with E-state index >= 15 is 0 Å². The highest BCUT2D eigenvalue weighted by molar-refractivity contribution is 5.81. The van der Waals surface area contributed by atoms with Crippen molar-refractivity contribution in [1.29, 1.82) is 0 Å². The van der Waals surface area contributed by atoms with Gasteiger partial charge >= 0.3 is 0 Å². The fraction of sp³-hybridized carbons (Fsp3) is 0.364. The first-order valence-corrected chi connectivity index (χ1v) is 4.93. The third kappa shape index (κ3) is 3.84. The molecular weight excluding hydrogens is 226 g/mol. The Labute approximate surface area is 98.3 Å². The molecule has 0 saturated heterocycles. The normalized spacial score (nSPS) is 10.0. The number of nitro groups is 1. The quantitative estimate of drug-likeness (QED) is 0.555. The molecule has 1 aromatic rings. The first-order chi connectivity index (χ1) is 8.04. The van der Waals surface area contributed by atoms with Gasteiger partial charge in [-0.15, -0.1) is 0 Å². The SMILES string of the molecule is COCC(=O)COc1ccc([N+](=O)[O-])c(C)c1. The lowest BCUT2D eigenvalue weighted by molar-refractivity contribution is -0.385. The Morgan fingerprint density at radius 1 is 1.41 bits per heavy atom. The lowest BCUT2D eigenvalue weighted by Gasteiger charge is -2.06. The molecule has 6 nitrogen and oxygen atoms in total. The third-order valence-corrected chi connectivity index (χ3v) is 2.07. The van der Waals surface area contributed by atoms with Gasteiger partial charge in [0.25, 0.3) is 5.69 Å². The largest absolute Gasteiger partial charge is 0.486 e. The molecule has 0 heterocycles. The van der Waals surface area contributed by atoms with Crippen molar-refractivity contribution in [3.63, 3.8) is 0 Å². The number of ether oxygens (including phenoxy) is 2. The van der Waals surface area contributed by atoms with Crippen molar-refractivity contribution in [1.82, 2.24) is 0 Å². The summed E-state index contributed by atoms with van der Waals surface area (Å²) in [6.45, 7) is 1.50. The fourth-order valence-corrected chi connectivity index (χ4v) is 1.29. The van der Waals surface area contributed by atoms with Crippen molar-refractivity contribution in [3.8, 4) is 5.75 Å². The van der Waals surface area contributed by atoms with E-state index in [1.54, 1.807) is 6.92 Å². The molecule has 0 saturated carbocycles. The van der Waals surface area contributed by atoms with Gasteiger partial charge in [-0.2, -0.15) is 0 Å². The summed E-state index contributed by atoms with van der Waals surface area (Å²) in [5.41, 5.74) is 0.521. The average Bonchev–Trinajstić information content (AvgIpc) is 2.26. The average molecular weight is 239 g/mol. The Bertz CT molecular complexity index is 430. The van der Waals surface area contributed by atoms with Gasteiger partial charge in [0, 0.05) is 18.7 Å². The number of Topliss-reactive ketones (excluding diaryl/α,β-unsaturated/α-hetero) is 1. The van der Waals surface area contributed by atoms with E-state index in [2.05, 4.69) is 4.74 Å². The van der Waals surface area contributed by atoms with Crippen LogP contribution in [0.15, 0.2) is 18.2 Å². The Balaban J connectivity index is 2.65. The molecule has 6 heteroatoms. The molecule has 0 aliphatic heterocycles. The molecule has 0 unspecified atom stereocenters. The van der Waals surface area contributed by atoms with Crippen LogP contribution in [-0.2, 0) is 9.53 Å². The zero-order chi connectivity index (χ0) is 12.8. The number of aryl methyl sites for hydroxylation is 1. The van der Waals surface area contributed by atoms with Gasteiger partial charge in [0.15, 0.2) is 5.78 Å². The Kier molecular flexibility index (Phi) is 4.59. The molecule has 0 radical (unpaired) electrons. The lowest BCUT2D eigenvalue weighted by Crippen LogP contribution is -2.16. The Morgan fingerprint density at radius 2 is 2.12 bits per heavy atom. The number of methoxy groups -OCH3 is 1. The van der Waals surface area contributed by atoms with E-state index in [1.807, 2.05) is 0 Å². The fourth-order valence-electron chi connectivity index (χ4n) is 1.29. The summed E-state index contributed by atoms with van der Waals surface area (Å²) in [7, 11) is 1.42. The summed E-state index contributed by atoms with van der Waals surface area (Å²) in [6, 6.07) is 4.34. The van der Waals surface area contributed by atoms with Crippen LogP contribution in [0.3, 0.4) is 0 Å². The molecule has 92 valence electrons. The van der Waals surface area contributed by atoms with Gasteiger partial charge in [-0.1, -0.05) is 0 Å². The first-order valence-electron chi connectivity index (χ1n) is 4.93. The van der Waals surface area contributed by atoms with Gasteiger partial charge in [-0.05, 0) is 19.1 Å². The van der Waals surface area contributed by atoms with Gasteiger partial charge in [0.2, 0.25) is 0 Å². The maximum Gasteiger partial charge on any atom is 0.272 e. The number of carbonyl (C=O) groups is 1. The van der Waals surface area contributed by atoms with E-state index in [1.165, 1.54) is 25.3 Å². The van der Waals surface area contributed by atoms with Crippen LogP contribution in [0.2, 0.25) is 0 Å². The maximum absolute atomic E-state index is 11.1. The predicted octanol–water partition coefficient (Wildman–Crippen LogP) is 1.50. The molecule has 0 fully saturated rings. The zero-order valence-corrected chi connectivity index (χ0v) is 9.63. The smallest absolute Gasteiger partial charge is 0.272 e. The molecule has 0 aliphatic rings. The highest BCUT2D eigenvalue weighted by Gasteiger charge is 2.11. The minimum absolute atomic E-state index is 0.00797. The van der Waals surface area contributed by atoms with Crippen LogP contribution in [0.5, 0.6) is 5.75 Å². The van der Waals surface area contributed by atoms with Crippen LogP contribution in [0, 0.1) is 17.0 Å².